The van der Waals surface area contributed by atoms with Gasteiger partial charge in [0, 0.05) is 35.3 Å². The molecule has 0 atom stereocenters. The molecule has 9 nitrogen and oxygen atoms in total. The van der Waals surface area contributed by atoms with E-state index in [4.69, 9.17) is 24.4 Å². The number of hydrogen-bond donors (Lipinski definition) is 0. The third kappa shape index (κ3) is 10.7. The second-order valence-electron chi connectivity index (χ2n) is 11.2. The third-order valence-electron chi connectivity index (χ3n) is 6.08. The summed E-state index contributed by atoms with van der Waals surface area (Å²) in [5, 5.41) is 17.3. The van der Waals surface area contributed by atoms with Crippen LogP contribution >= 0.6 is 15.9 Å². The van der Waals surface area contributed by atoms with Gasteiger partial charge in [-0.3, -0.25) is 0 Å². The second kappa shape index (κ2) is 17.4. The van der Waals surface area contributed by atoms with Gasteiger partial charge in [0.15, 0.2) is 0 Å². The number of nitrogens with zero attached hydrogens (tertiary/aromatic N) is 5. The molecular weight excluding hydrogens is 690 g/mol. The predicted molar refractivity (Wildman–Crippen MR) is 156 cm³/mol. The summed E-state index contributed by atoms with van der Waals surface area (Å²) in [4.78, 5) is 32.5. The average molecular weight is 722 g/mol. The maximum atomic E-state index is 14.0. The van der Waals surface area contributed by atoms with Gasteiger partial charge in [-0.15, -0.1) is 0 Å². The normalized spacial score (nSPS) is 10.1. The van der Waals surface area contributed by atoms with Gasteiger partial charge in [-0.2, -0.15) is 34.6 Å². The third-order valence-corrected chi connectivity index (χ3v) is 6.57. The van der Waals surface area contributed by atoms with E-state index in [0.29, 0.717) is 16.9 Å². The Morgan fingerprint density at radius 3 is 1.39 bits per heavy atom. The predicted octanol–water partition coefficient (Wildman–Crippen LogP) is 6.70. The minimum atomic E-state index is -0.439. The largest absolute Gasteiger partial charge is 0.373 e. The van der Waals surface area contributed by atoms with Gasteiger partial charge in [-0.1, -0.05) is 57.5 Å². The van der Waals surface area contributed by atoms with Crippen molar-refractivity contribution in [1.29, 1.82) is 5.26 Å². The fourth-order valence-electron chi connectivity index (χ4n) is 4.18. The van der Waals surface area contributed by atoms with Crippen LogP contribution in [-0.2, 0) is 49.5 Å². The number of carbonyl (C=O) groups excluding carboxylic acids is 4. The van der Waals surface area contributed by atoms with Crippen molar-refractivity contribution in [2.24, 2.45) is 0 Å². The number of nitriles is 1. The monoisotopic (exact) mass is 719 g/mol. The molecule has 0 fully saturated rings. The van der Waals surface area contributed by atoms with E-state index in [9.17, 15) is 8.78 Å². The molecule has 2 aromatic heterocycles. The fraction of sp³-hybridized carbons (Fsp3) is 0.323. The Bertz CT molecular complexity index is 1660. The van der Waals surface area contributed by atoms with Crippen molar-refractivity contribution in [2.45, 2.75) is 66.2 Å². The van der Waals surface area contributed by atoms with Crippen molar-refractivity contribution in [3.05, 3.63) is 93.0 Å². The summed E-state index contributed by atoms with van der Waals surface area (Å²) in [7, 11) is 0. The van der Waals surface area contributed by atoms with Crippen LogP contribution in [0.15, 0.2) is 53.3 Å². The van der Waals surface area contributed by atoms with E-state index < -0.39 is 5.82 Å². The first kappa shape index (κ1) is 40.1. The molecule has 0 radical (unpaired) electrons. The molecule has 0 amide bonds. The second-order valence-corrected chi connectivity index (χ2v) is 12.1. The van der Waals surface area contributed by atoms with Gasteiger partial charge in [0.25, 0.3) is 0 Å². The van der Waals surface area contributed by atoms with Gasteiger partial charge in [-0.05, 0) is 72.2 Å². The van der Waals surface area contributed by atoms with E-state index >= 15 is 0 Å². The Hall–Kier alpha value is -3.93. The summed E-state index contributed by atoms with van der Waals surface area (Å²) in [5.74, 6) is -0.721. The van der Waals surface area contributed by atoms with Crippen LogP contribution in [0.1, 0.15) is 69.6 Å². The molecule has 44 heavy (non-hydrogen) atoms. The molecule has 0 bridgehead atoms. The number of halogens is 3. The van der Waals surface area contributed by atoms with Crippen molar-refractivity contribution in [3.63, 3.8) is 0 Å². The Kier molecular flexibility index (Phi) is 15.8. The van der Waals surface area contributed by atoms with E-state index in [1.54, 1.807) is 33.8 Å². The van der Waals surface area contributed by atoms with Crippen molar-refractivity contribution in [2.75, 3.05) is 0 Å². The molecule has 13 heteroatoms. The van der Waals surface area contributed by atoms with Crippen LogP contribution < -0.4 is 0 Å². The molecular formula is C31H32BrF2N5O4Zn. The van der Waals surface area contributed by atoms with Gasteiger partial charge in [0.1, 0.15) is 23.0 Å². The minimum Gasteiger partial charge on any atom is -0.235 e. The molecule has 0 saturated heterocycles. The molecule has 0 aliphatic carbocycles. The zero-order valence-corrected chi connectivity index (χ0v) is 30.4. The first-order valence-electron chi connectivity index (χ1n) is 12.7. The van der Waals surface area contributed by atoms with Crippen molar-refractivity contribution in [1.82, 2.24) is 19.6 Å². The van der Waals surface area contributed by atoms with Gasteiger partial charge >= 0.3 is 12.3 Å². The molecule has 0 aliphatic heterocycles. The van der Waals surface area contributed by atoms with Crippen LogP contribution in [0.5, 0.6) is 0 Å². The van der Waals surface area contributed by atoms with Crippen LogP contribution in [0.2, 0.25) is 0 Å². The first-order chi connectivity index (χ1) is 20.0. The maximum Gasteiger partial charge on any atom is 0.373 e. The standard InChI is InChI=1S/C15H16FN3.C14H16BrFN2.2CO2.Zn/c1-10-12(15(2,3)4)9-18-19(10)14-6-5-11(8-17)7-13(14)16;1-9-11(14(2,3)4)8-17-18(9)13-6-5-10(15)7-12(13)16;2*2-1-3;/h5-7,9H,1-4H3;5-8H,1-4H3;;;. The van der Waals surface area contributed by atoms with E-state index in [1.807, 2.05) is 32.2 Å². The van der Waals surface area contributed by atoms with E-state index in [1.165, 1.54) is 12.1 Å². The van der Waals surface area contributed by atoms with Crippen LogP contribution in [0.3, 0.4) is 0 Å². The van der Waals surface area contributed by atoms with Crippen molar-refractivity contribution < 1.29 is 47.4 Å². The van der Waals surface area contributed by atoms with E-state index in [0.717, 1.165) is 27.0 Å². The molecule has 228 valence electrons. The van der Waals surface area contributed by atoms with Gasteiger partial charge in [0.05, 0.1) is 24.0 Å². The van der Waals surface area contributed by atoms with Crippen LogP contribution in [0.25, 0.3) is 11.4 Å². The molecule has 0 saturated carbocycles. The molecule has 4 rings (SSSR count). The van der Waals surface area contributed by atoms with E-state index in [-0.39, 0.29) is 48.4 Å². The average Bonchev–Trinajstić information content (AvgIpc) is 3.48. The smallest absolute Gasteiger partial charge is 0.235 e. The molecule has 4 aromatic rings. The SMILES string of the molecule is Cc1c(C(C)(C)C)cnn1-c1ccc(Br)cc1F.Cc1c(C(C)(C)C)cnn1-c1ccc(C#N)cc1F.O=C=O.O=C=O.[Zn]. The first-order valence-corrected chi connectivity index (χ1v) is 13.5. The van der Waals surface area contributed by atoms with Crippen LogP contribution in [-0.4, -0.2) is 31.9 Å². The fourth-order valence-corrected chi connectivity index (χ4v) is 4.51. The Morgan fingerprint density at radius 2 is 1.09 bits per heavy atom. The number of aromatic nitrogens is 4. The van der Waals surface area contributed by atoms with E-state index in [2.05, 4.69) is 67.7 Å². The maximum absolute atomic E-state index is 14.0. The summed E-state index contributed by atoms with van der Waals surface area (Å²) in [6.45, 7) is 16.5. The summed E-state index contributed by atoms with van der Waals surface area (Å²) in [6, 6.07) is 11.3. The van der Waals surface area contributed by atoms with Crippen molar-refractivity contribution >= 4 is 28.2 Å². The molecule has 0 spiro atoms. The molecule has 0 unspecified atom stereocenters. The van der Waals surface area contributed by atoms with Crippen LogP contribution in [0, 0.1) is 36.8 Å². The summed E-state index contributed by atoms with van der Waals surface area (Å²) in [6.07, 6.45) is 4.09. The Morgan fingerprint density at radius 1 is 0.727 bits per heavy atom. The summed E-state index contributed by atoms with van der Waals surface area (Å²) < 4.78 is 31.9. The van der Waals surface area contributed by atoms with Crippen molar-refractivity contribution in [3.8, 4) is 17.4 Å². The number of benzene rings is 2. The summed E-state index contributed by atoms with van der Waals surface area (Å²) >= 11 is 3.25. The molecule has 0 aliphatic rings. The zero-order chi connectivity index (χ0) is 33.1. The number of hydrogen-bond acceptors (Lipinski definition) is 7. The molecule has 0 N–H and O–H groups in total. The quantitative estimate of drug-likeness (QED) is 0.211. The summed E-state index contributed by atoms with van der Waals surface area (Å²) in [5.41, 5.74) is 5.22. The van der Waals surface area contributed by atoms with Gasteiger partial charge in [-0.25, -0.2) is 18.1 Å². The minimum absolute atomic E-state index is 0. The number of rotatable bonds is 2. The Balaban J connectivity index is 0.000000700. The molecule has 2 aromatic carbocycles. The van der Waals surface area contributed by atoms with Crippen LogP contribution in [0.4, 0.5) is 8.78 Å². The zero-order valence-electron chi connectivity index (χ0n) is 25.8. The molecule has 2 heterocycles. The van der Waals surface area contributed by atoms with Gasteiger partial charge in [0.2, 0.25) is 0 Å². The topological polar surface area (TPSA) is 128 Å². The van der Waals surface area contributed by atoms with Gasteiger partial charge < -0.3 is 0 Å². The Labute approximate surface area is 276 Å².